The molecule has 0 aliphatic carbocycles. The molecule has 1 unspecified atom stereocenters. The van der Waals surface area contributed by atoms with Crippen molar-refractivity contribution in [2.75, 3.05) is 13.7 Å². The molecule has 29 heavy (non-hydrogen) atoms. The summed E-state index contributed by atoms with van der Waals surface area (Å²) in [7, 11) is -1.97. The smallest absolute Gasteiger partial charge is 0.247 e. The summed E-state index contributed by atoms with van der Waals surface area (Å²) in [6.45, 7) is 7.42. The number of ether oxygens (including phenoxy) is 1. The van der Waals surface area contributed by atoms with E-state index in [0.29, 0.717) is 25.0 Å². The molecule has 1 heterocycles. The summed E-state index contributed by atoms with van der Waals surface area (Å²) >= 11 is 1.14. The number of nitrogens with zero attached hydrogens (tertiary/aromatic N) is 1. The van der Waals surface area contributed by atoms with E-state index >= 15 is 0 Å². The number of primary sulfonamides is 1. The lowest BCUT2D eigenvalue weighted by molar-refractivity contribution is 0.271. The first-order valence-electron chi connectivity index (χ1n) is 9.00. The molecule has 0 saturated heterocycles. The Kier molecular flexibility index (Phi) is 10.4. The molecule has 4 N–H and O–H groups in total. The van der Waals surface area contributed by atoms with Crippen LogP contribution in [0.1, 0.15) is 37.3 Å². The van der Waals surface area contributed by atoms with Gasteiger partial charge in [0, 0.05) is 11.9 Å². The number of aliphatic imine (C=N–C) groups is 1. The zero-order valence-electron chi connectivity index (χ0n) is 17.0. The van der Waals surface area contributed by atoms with Gasteiger partial charge in [0.25, 0.3) is 0 Å². The van der Waals surface area contributed by atoms with Gasteiger partial charge in [0.05, 0.1) is 19.2 Å². The Morgan fingerprint density at radius 2 is 1.83 bits per heavy atom. The zero-order valence-corrected chi connectivity index (χ0v) is 21.0. The molecule has 10 heteroatoms. The fraction of sp³-hybridized carbons (Fsp3) is 0.421. The van der Waals surface area contributed by atoms with Gasteiger partial charge in [0.15, 0.2) is 5.96 Å². The molecule has 7 nitrogen and oxygen atoms in total. The van der Waals surface area contributed by atoms with Gasteiger partial charge in [-0.05, 0) is 42.7 Å². The first-order chi connectivity index (χ1) is 13.2. The number of hydrogen-bond acceptors (Lipinski definition) is 5. The molecule has 0 spiro atoms. The fourth-order valence-corrected chi connectivity index (χ4v) is 4.09. The highest BCUT2D eigenvalue weighted by Gasteiger charge is 2.12. The summed E-state index contributed by atoms with van der Waals surface area (Å²) < 4.78 is 28.6. The minimum Gasteiger partial charge on any atom is -0.493 e. The Morgan fingerprint density at radius 3 is 2.34 bits per heavy atom. The van der Waals surface area contributed by atoms with Crippen molar-refractivity contribution in [1.29, 1.82) is 0 Å². The van der Waals surface area contributed by atoms with Crippen molar-refractivity contribution >= 4 is 51.3 Å². The molecule has 1 aromatic carbocycles. The van der Waals surface area contributed by atoms with Gasteiger partial charge in [0.1, 0.15) is 9.96 Å². The number of benzene rings is 1. The number of thiophene rings is 1. The normalized spacial score (nSPS) is 13.0. The van der Waals surface area contributed by atoms with Gasteiger partial charge in [0.2, 0.25) is 10.0 Å². The minimum absolute atomic E-state index is 0. The second-order valence-electron chi connectivity index (χ2n) is 6.83. The molecule has 0 aliphatic heterocycles. The van der Waals surface area contributed by atoms with E-state index in [2.05, 4.69) is 29.5 Å². The Bertz CT molecular complexity index is 896. The maximum absolute atomic E-state index is 11.4. The van der Waals surface area contributed by atoms with Crippen LogP contribution in [0.2, 0.25) is 0 Å². The molecular formula is C19H29IN4O3S2. The van der Waals surface area contributed by atoms with E-state index in [4.69, 9.17) is 9.88 Å². The summed E-state index contributed by atoms with van der Waals surface area (Å²) in [5, 5.41) is 11.6. The van der Waals surface area contributed by atoms with Crippen molar-refractivity contribution in [1.82, 2.24) is 10.6 Å². The largest absolute Gasteiger partial charge is 0.493 e. The molecule has 1 aromatic heterocycles. The van der Waals surface area contributed by atoms with Crippen molar-refractivity contribution in [3.05, 3.63) is 46.8 Å². The van der Waals surface area contributed by atoms with Gasteiger partial charge < -0.3 is 15.4 Å². The molecule has 0 amide bonds. The molecule has 0 bridgehead atoms. The Morgan fingerprint density at radius 1 is 1.17 bits per heavy atom. The van der Waals surface area contributed by atoms with Crippen LogP contribution < -0.4 is 20.5 Å². The highest BCUT2D eigenvalue weighted by atomic mass is 127. The molecule has 2 aromatic rings. The third kappa shape index (κ3) is 8.49. The van der Waals surface area contributed by atoms with E-state index in [-0.39, 0.29) is 34.2 Å². The Labute approximate surface area is 194 Å². The van der Waals surface area contributed by atoms with Crippen LogP contribution in [-0.2, 0) is 16.6 Å². The number of hydrogen-bond donors (Lipinski definition) is 3. The van der Waals surface area contributed by atoms with Gasteiger partial charge in [-0.2, -0.15) is 0 Å². The van der Waals surface area contributed by atoms with Crippen molar-refractivity contribution in [2.24, 2.45) is 16.0 Å². The van der Waals surface area contributed by atoms with Crippen molar-refractivity contribution in [3.63, 3.8) is 0 Å². The molecule has 162 valence electrons. The van der Waals surface area contributed by atoms with Crippen LogP contribution >= 0.6 is 35.3 Å². The number of guanidine groups is 1. The number of sulfonamides is 1. The molecule has 0 saturated carbocycles. The predicted octanol–water partition coefficient (Wildman–Crippen LogP) is 3.47. The lowest BCUT2D eigenvalue weighted by atomic mass is 10.1. The first-order valence-corrected chi connectivity index (χ1v) is 11.4. The van der Waals surface area contributed by atoms with E-state index in [0.717, 1.165) is 27.5 Å². The molecule has 0 radical (unpaired) electrons. The molecule has 2 rings (SSSR count). The first kappa shape index (κ1) is 25.7. The maximum atomic E-state index is 11.4. The maximum Gasteiger partial charge on any atom is 0.247 e. The summed E-state index contributed by atoms with van der Waals surface area (Å²) in [4.78, 5) is 5.08. The highest BCUT2D eigenvalue weighted by Crippen LogP contribution is 2.20. The summed E-state index contributed by atoms with van der Waals surface area (Å²) in [5.74, 6) is 1.97. The topological polar surface area (TPSA) is 106 Å². The fourth-order valence-electron chi connectivity index (χ4n) is 2.38. The van der Waals surface area contributed by atoms with E-state index in [1.165, 1.54) is 6.07 Å². The zero-order chi connectivity index (χ0) is 20.7. The standard InChI is InChI=1S/C19H28N4O3S2.HI/c1-13(2)12-26-16-7-5-15(6-8-16)14(3)23-19(21-4)22-11-17-9-10-18(27-17)28(20,24)25;/h5-10,13-14H,11-12H2,1-4H3,(H2,20,24,25)(H2,21,22,23);1H. The van der Waals surface area contributed by atoms with E-state index in [1.54, 1.807) is 13.1 Å². The van der Waals surface area contributed by atoms with Crippen LogP contribution in [0.5, 0.6) is 5.75 Å². The van der Waals surface area contributed by atoms with Crippen LogP contribution in [0.3, 0.4) is 0 Å². The average molecular weight is 553 g/mol. The van der Waals surface area contributed by atoms with Crippen LogP contribution in [0.15, 0.2) is 45.6 Å². The Hall–Kier alpha value is -1.37. The van der Waals surface area contributed by atoms with Crippen LogP contribution in [0, 0.1) is 5.92 Å². The summed E-state index contributed by atoms with van der Waals surface area (Å²) in [6, 6.07) is 11.3. The number of rotatable bonds is 8. The van der Waals surface area contributed by atoms with Gasteiger partial charge in [-0.3, -0.25) is 4.99 Å². The van der Waals surface area contributed by atoms with E-state index < -0.39 is 10.0 Å². The Balaban J connectivity index is 0.00000420. The summed E-state index contributed by atoms with van der Waals surface area (Å²) in [6.07, 6.45) is 0. The van der Waals surface area contributed by atoms with Gasteiger partial charge in [-0.1, -0.05) is 26.0 Å². The van der Waals surface area contributed by atoms with E-state index in [9.17, 15) is 8.42 Å². The molecule has 1 atom stereocenters. The summed E-state index contributed by atoms with van der Waals surface area (Å²) in [5.41, 5.74) is 1.10. The number of halogens is 1. The monoisotopic (exact) mass is 552 g/mol. The third-order valence-electron chi connectivity index (χ3n) is 3.89. The highest BCUT2D eigenvalue weighted by molar-refractivity contribution is 14.0. The quantitative estimate of drug-likeness (QED) is 0.264. The van der Waals surface area contributed by atoms with Crippen molar-refractivity contribution in [3.8, 4) is 5.75 Å². The van der Waals surface area contributed by atoms with Gasteiger partial charge >= 0.3 is 0 Å². The number of nitrogens with one attached hydrogen (secondary N) is 2. The predicted molar refractivity (Wildman–Crippen MR) is 130 cm³/mol. The van der Waals surface area contributed by atoms with Crippen molar-refractivity contribution < 1.29 is 13.2 Å². The van der Waals surface area contributed by atoms with Crippen LogP contribution in [-0.4, -0.2) is 28.0 Å². The second-order valence-corrected chi connectivity index (χ2v) is 9.79. The number of nitrogens with two attached hydrogens (primary N) is 1. The van der Waals surface area contributed by atoms with Gasteiger partial charge in [-0.25, -0.2) is 13.6 Å². The van der Waals surface area contributed by atoms with Gasteiger partial charge in [-0.15, -0.1) is 35.3 Å². The molecular weight excluding hydrogens is 523 g/mol. The lowest BCUT2D eigenvalue weighted by Gasteiger charge is -2.18. The van der Waals surface area contributed by atoms with Crippen LogP contribution in [0.4, 0.5) is 0 Å². The SMILES string of the molecule is CN=C(NCc1ccc(S(N)(=O)=O)s1)NC(C)c1ccc(OCC(C)C)cc1.I. The lowest BCUT2D eigenvalue weighted by Crippen LogP contribution is -2.38. The third-order valence-corrected chi connectivity index (χ3v) is 6.41. The molecule has 0 aliphatic rings. The minimum atomic E-state index is -3.66. The second kappa shape index (κ2) is 11.7. The van der Waals surface area contributed by atoms with E-state index in [1.807, 2.05) is 31.2 Å². The average Bonchev–Trinajstić information content (AvgIpc) is 3.13. The van der Waals surface area contributed by atoms with Crippen LogP contribution in [0.25, 0.3) is 0 Å². The molecule has 0 fully saturated rings. The van der Waals surface area contributed by atoms with Crippen molar-refractivity contribution in [2.45, 2.75) is 37.6 Å².